The van der Waals surface area contributed by atoms with Crippen molar-refractivity contribution in [2.75, 3.05) is 12.4 Å². The fourth-order valence-corrected chi connectivity index (χ4v) is 4.17. The Morgan fingerprint density at radius 2 is 1.91 bits per heavy atom. The largest absolute Gasteiger partial charge is 0.497 e. The van der Waals surface area contributed by atoms with E-state index in [0.29, 0.717) is 10.0 Å². The van der Waals surface area contributed by atoms with Crippen LogP contribution < -0.4 is 10.1 Å². The number of aryl methyl sites for hydroxylation is 1. The number of amides is 1. The van der Waals surface area contributed by atoms with Crippen molar-refractivity contribution in [3.8, 4) is 17.0 Å². The minimum Gasteiger partial charge on any atom is -0.497 e. The van der Waals surface area contributed by atoms with Gasteiger partial charge >= 0.3 is 0 Å². The van der Waals surface area contributed by atoms with E-state index in [4.69, 9.17) is 4.74 Å². The Morgan fingerprint density at radius 3 is 2.52 bits per heavy atom. The average Bonchev–Trinajstić information content (AvgIpc) is 3.13. The lowest BCUT2D eigenvalue weighted by atomic mass is 10.1. The van der Waals surface area contributed by atoms with Crippen LogP contribution in [-0.2, 0) is 0 Å². The van der Waals surface area contributed by atoms with Gasteiger partial charge in [-0.2, -0.15) is 0 Å². The maximum atomic E-state index is 12.2. The normalized spacial score (nSPS) is 10.6. The van der Waals surface area contributed by atoms with Crippen LogP contribution in [0, 0.1) is 6.92 Å². The first-order valence-electron chi connectivity index (χ1n) is 6.75. The summed E-state index contributed by atoms with van der Waals surface area (Å²) in [5.41, 5.74) is 1.87. The standard InChI is InChI=1S/C16H13BrN2O2S2/c1-9-14(10-3-5-11(21-2)6-4-10)18-16(22-9)19-15(20)12-7-8-13(17)23-12/h3-8H,1-2H3,(H,18,19,20). The first kappa shape index (κ1) is 16.2. The highest BCUT2D eigenvalue weighted by molar-refractivity contribution is 9.11. The molecule has 7 heteroatoms. The maximum Gasteiger partial charge on any atom is 0.267 e. The fraction of sp³-hybridized carbons (Fsp3) is 0.125. The van der Waals surface area contributed by atoms with E-state index in [9.17, 15) is 4.79 Å². The third kappa shape index (κ3) is 3.63. The molecule has 118 valence electrons. The molecule has 0 aliphatic heterocycles. The number of carbonyl (C=O) groups excluding carboxylic acids is 1. The molecule has 2 aromatic heterocycles. The lowest BCUT2D eigenvalue weighted by molar-refractivity contribution is 0.103. The highest BCUT2D eigenvalue weighted by Gasteiger charge is 2.14. The number of rotatable bonds is 4. The van der Waals surface area contributed by atoms with E-state index >= 15 is 0 Å². The number of hydrogen-bond donors (Lipinski definition) is 1. The van der Waals surface area contributed by atoms with Gasteiger partial charge in [-0.15, -0.1) is 22.7 Å². The number of thiophene rings is 1. The minimum atomic E-state index is -0.143. The van der Waals surface area contributed by atoms with Crippen LogP contribution in [0.1, 0.15) is 14.5 Å². The molecule has 3 rings (SSSR count). The van der Waals surface area contributed by atoms with Gasteiger partial charge in [-0.25, -0.2) is 4.98 Å². The lowest BCUT2D eigenvalue weighted by Crippen LogP contribution is -2.09. The van der Waals surface area contributed by atoms with Gasteiger partial charge in [0, 0.05) is 10.4 Å². The van der Waals surface area contributed by atoms with Gasteiger partial charge in [0.05, 0.1) is 21.5 Å². The molecule has 0 atom stereocenters. The van der Waals surface area contributed by atoms with Gasteiger partial charge in [0.15, 0.2) is 5.13 Å². The van der Waals surface area contributed by atoms with Crippen molar-refractivity contribution < 1.29 is 9.53 Å². The van der Waals surface area contributed by atoms with Gasteiger partial charge in [0.1, 0.15) is 5.75 Å². The Morgan fingerprint density at radius 1 is 1.17 bits per heavy atom. The van der Waals surface area contributed by atoms with Crippen LogP contribution in [-0.4, -0.2) is 18.0 Å². The molecule has 2 heterocycles. The van der Waals surface area contributed by atoms with Crippen LogP contribution in [0.25, 0.3) is 11.3 Å². The van der Waals surface area contributed by atoms with Gasteiger partial charge in [0.2, 0.25) is 0 Å². The van der Waals surface area contributed by atoms with E-state index in [0.717, 1.165) is 25.7 Å². The first-order chi connectivity index (χ1) is 11.1. The zero-order valence-corrected chi connectivity index (χ0v) is 15.6. The predicted molar refractivity (Wildman–Crippen MR) is 98.8 cm³/mol. The number of aromatic nitrogens is 1. The van der Waals surface area contributed by atoms with E-state index < -0.39 is 0 Å². The second kappa shape index (κ2) is 6.82. The molecule has 23 heavy (non-hydrogen) atoms. The summed E-state index contributed by atoms with van der Waals surface area (Å²) >= 11 is 6.22. The van der Waals surface area contributed by atoms with Crippen molar-refractivity contribution in [2.45, 2.75) is 6.92 Å². The number of benzene rings is 1. The van der Waals surface area contributed by atoms with Crippen molar-refractivity contribution in [1.29, 1.82) is 0 Å². The second-order valence-corrected chi connectivity index (χ2v) is 8.38. The number of anilines is 1. The highest BCUT2D eigenvalue weighted by atomic mass is 79.9. The Hall–Kier alpha value is -1.70. The molecular weight excluding hydrogens is 396 g/mol. The maximum absolute atomic E-state index is 12.2. The van der Waals surface area contributed by atoms with E-state index in [1.807, 2.05) is 37.3 Å². The molecule has 1 amide bonds. The van der Waals surface area contributed by atoms with Crippen LogP contribution in [0.3, 0.4) is 0 Å². The Bertz CT molecular complexity index is 840. The average molecular weight is 409 g/mol. The molecule has 0 radical (unpaired) electrons. The molecule has 3 aromatic rings. The zero-order chi connectivity index (χ0) is 16.4. The summed E-state index contributed by atoms with van der Waals surface area (Å²) in [6, 6.07) is 11.4. The van der Waals surface area contributed by atoms with E-state index in [-0.39, 0.29) is 5.91 Å². The number of carbonyl (C=O) groups is 1. The molecule has 1 N–H and O–H groups in total. The van der Waals surface area contributed by atoms with Crippen molar-refractivity contribution in [1.82, 2.24) is 4.98 Å². The first-order valence-corrected chi connectivity index (χ1v) is 9.18. The smallest absolute Gasteiger partial charge is 0.267 e. The lowest BCUT2D eigenvalue weighted by Gasteiger charge is -2.01. The van der Waals surface area contributed by atoms with Gasteiger partial charge in [-0.3, -0.25) is 10.1 Å². The van der Waals surface area contributed by atoms with Crippen LogP contribution >= 0.6 is 38.6 Å². The molecule has 4 nitrogen and oxygen atoms in total. The minimum absolute atomic E-state index is 0.143. The fourth-order valence-electron chi connectivity index (χ4n) is 2.06. The van der Waals surface area contributed by atoms with E-state index in [2.05, 4.69) is 26.2 Å². The summed E-state index contributed by atoms with van der Waals surface area (Å²) in [6.45, 7) is 1.99. The molecule has 0 spiro atoms. The monoisotopic (exact) mass is 408 g/mol. The molecule has 0 fully saturated rings. The van der Waals surface area contributed by atoms with E-state index in [1.165, 1.54) is 22.7 Å². The molecule has 0 unspecified atom stereocenters. The second-order valence-electron chi connectivity index (χ2n) is 4.71. The Labute approximate surface area is 150 Å². The number of methoxy groups -OCH3 is 1. The third-order valence-corrected chi connectivity index (χ3v) is 5.69. The molecule has 0 aliphatic rings. The van der Waals surface area contributed by atoms with Gasteiger partial charge < -0.3 is 4.74 Å². The number of thiazole rings is 1. The van der Waals surface area contributed by atoms with Gasteiger partial charge in [-0.1, -0.05) is 0 Å². The number of nitrogens with zero attached hydrogens (tertiary/aromatic N) is 1. The van der Waals surface area contributed by atoms with Gasteiger partial charge in [0.25, 0.3) is 5.91 Å². The van der Waals surface area contributed by atoms with Crippen LogP contribution in [0.15, 0.2) is 40.2 Å². The van der Waals surface area contributed by atoms with Crippen LogP contribution in [0.5, 0.6) is 5.75 Å². The third-order valence-electron chi connectivity index (χ3n) is 3.18. The number of halogens is 1. The molecule has 0 bridgehead atoms. The predicted octanol–water partition coefficient (Wildman–Crippen LogP) is 5.20. The molecule has 0 aliphatic carbocycles. The summed E-state index contributed by atoms with van der Waals surface area (Å²) in [5.74, 6) is 0.661. The molecule has 1 aromatic carbocycles. The van der Waals surface area contributed by atoms with Crippen molar-refractivity contribution >= 4 is 49.6 Å². The number of hydrogen-bond acceptors (Lipinski definition) is 5. The topological polar surface area (TPSA) is 51.2 Å². The van der Waals surface area contributed by atoms with Crippen LogP contribution in [0.4, 0.5) is 5.13 Å². The van der Waals surface area contributed by atoms with Crippen molar-refractivity contribution in [2.24, 2.45) is 0 Å². The Balaban J connectivity index is 1.81. The highest BCUT2D eigenvalue weighted by Crippen LogP contribution is 2.32. The molecule has 0 saturated heterocycles. The Kier molecular flexibility index (Phi) is 4.79. The van der Waals surface area contributed by atoms with Crippen molar-refractivity contribution in [3.05, 3.63) is 49.9 Å². The SMILES string of the molecule is COc1ccc(-c2nc(NC(=O)c3ccc(Br)s3)sc2C)cc1. The van der Waals surface area contributed by atoms with E-state index in [1.54, 1.807) is 13.2 Å². The number of ether oxygens (including phenoxy) is 1. The molecule has 0 saturated carbocycles. The summed E-state index contributed by atoms with van der Waals surface area (Å²) in [7, 11) is 1.64. The zero-order valence-electron chi connectivity index (χ0n) is 12.4. The quantitative estimate of drug-likeness (QED) is 0.644. The summed E-state index contributed by atoms with van der Waals surface area (Å²) < 4.78 is 6.09. The summed E-state index contributed by atoms with van der Waals surface area (Å²) in [5, 5.41) is 3.46. The van der Waals surface area contributed by atoms with Crippen molar-refractivity contribution in [3.63, 3.8) is 0 Å². The molecular formula is C16H13BrN2O2S2. The van der Waals surface area contributed by atoms with Crippen LogP contribution in [0.2, 0.25) is 0 Å². The summed E-state index contributed by atoms with van der Waals surface area (Å²) in [4.78, 5) is 18.4. The van der Waals surface area contributed by atoms with Gasteiger partial charge in [-0.05, 0) is 59.3 Å². The number of nitrogens with one attached hydrogen (secondary N) is 1. The summed E-state index contributed by atoms with van der Waals surface area (Å²) in [6.07, 6.45) is 0.